The predicted octanol–water partition coefficient (Wildman–Crippen LogP) is 8.41. The van der Waals surface area contributed by atoms with Crippen LogP contribution in [-0.4, -0.2) is 71.5 Å². The summed E-state index contributed by atoms with van der Waals surface area (Å²) >= 11 is 0. The monoisotopic (exact) mass is 897 g/mol. The van der Waals surface area contributed by atoms with Gasteiger partial charge in [-0.05, 0) is 73.0 Å². The van der Waals surface area contributed by atoms with Gasteiger partial charge in [-0.15, -0.1) is 5.10 Å². The van der Waals surface area contributed by atoms with Crippen LogP contribution >= 0.6 is 0 Å². The largest absolute Gasteiger partial charge is 0.453 e. The minimum atomic E-state index is -4.97. The Kier molecular flexibility index (Phi) is 12.7. The van der Waals surface area contributed by atoms with E-state index in [2.05, 4.69) is 30.0 Å². The van der Waals surface area contributed by atoms with Gasteiger partial charge >= 0.3 is 17.8 Å². The second kappa shape index (κ2) is 18.4. The number of hydrogen-bond donors (Lipinski definition) is 1. The Morgan fingerprint density at radius 2 is 1.34 bits per heavy atom. The number of aromatic nitrogens is 7. The van der Waals surface area contributed by atoms with Gasteiger partial charge < -0.3 is 19.6 Å². The van der Waals surface area contributed by atoms with Crippen molar-refractivity contribution in [2.75, 3.05) is 36.0 Å². The third-order valence-corrected chi connectivity index (χ3v) is 11.8. The van der Waals surface area contributed by atoms with Gasteiger partial charge in [0.2, 0.25) is 0 Å². The Labute approximate surface area is 370 Å². The predicted molar refractivity (Wildman–Crippen MR) is 231 cm³/mol. The van der Waals surface area contributed by atoms with Gasteiger partial charge in [0.1, 0.15) is 24.2 Å². The molecule has 0 bridgehead atoms. The molecule has 4 aromatic carbocycles. The number of piperazine rings is 1. The van der Waals surface area contributed by atoms with Gasteiger partial charge in [-0.2, -0.15) is 27.1 Å². The molecule has 4 heterocycles. The average molecular weight is 898 g/mol. The summed E-state index contributed by atoms with van der Waals surface area (Å²) in [7, 11) is 0. The first-order valence-corrected chi connectivity index (χ1v) is 21.0. The molecule has 65 heavy (non-hydrogen) atoms. The highest BCUT2D eigenvalue weighted by Gasteiger charge is 2.58. The minimum absolute atomic E-state index is 0.238. The van der Waals surface area contributed by atoms with Crippen LogP contribution in [0.4, 0.5) is 37.7 Å². The summed E-state index contributed by atoms with van der Waals surface area (Å²) in [6.07, 6.45) is -1.27. The second-order valence-electron chi connectivity index (χ2n) is 15.9. The molecule has 8 rings (SSSR count). The molecule has 1 aliphatic rings. The Morgan fingerprint density at radius 1 is 0.738 bits per heavy atom. The third-order valence-electron chi connectivity index (χ3n) is 11.8. The maximum absolute atomic E-state index is 16.4. The van der Waals surface area contributed by atoms with Crippen molar-refractivity contribution >= 4 is 11.4 Å². The summed E-state index contributed by atoms with van der Waals surface area (Å²) in [5, 5.41) is 19.2. The van der Waals surface area contributed by atoms with E-state index in [1.807, 2.05) is 92.7 Å². The van der Waals surface area contributed by atoms with E-state index in [1.54, 1.807) is 6.33 Å². The number of ether oxygens (including phenoxy) is 1. The van der Waals surface area contributed by atoms with E-state index in [0.29, 0.717) is 40.9 Å². The van der Waals surface area contributed by atoms with Crippen molar-refractivity contribution < 1.29 is 36.2 Å². The van der Waals surface area contributed by atoms with Gasteiger partial charge in [0.15, 0.2) is 5.60 Å². The molecule has 3 aromatic heterocycles. The molecule has 1 N–H and O–H groups in total. The lowest BCUT2D eigenvalue weighted by molar-refractivity contribution is -0.208. The zero-order valence-electron chi connectivity index (χ0n) is 35.4. The second-order valence-corrected chi connectivity index (χ2v) is 15.9. The Hall–Kier alpha value is -6.79. The summed E-state index contributed by atoms with van der Waals surface area (Å²) in [5.74, 6) is -7.12. The lowest BCUT2D eigenvalue weighted by Crippen LogP contribution is -2.48. The van der Waals surface area contributed by atoms with Crippen LogP contribution in [0.15, 0.2) is 139 Å². The SMILES string of the molecule is CC[C@@H]([C@H](C)OCc1ccccc1)n1ncn(-c2ccc(N3CCN(c4ccc(-c5ccc(C(F)(F)C(O)(Cn6cnc(C(F)(F)F)n6)c6ccccc6F)nc5)cc4)CC3)cc2)c1=O. The van der Waals surface area contributed by atoms with Gasteiger partial charge in [-0.3, -0.25) is 4.98 Å². The summed E-state index contributed by atoms with van der Waals surface area (Å²) < 4.78 is 96.8. The molecule has 7 aromatic rings. The van der Waals surface area contributed by atoms with Gasteiger partial charge in [0, 0.05) is 54.9 Å². The standard InChI is InChI=1S/C47H45F6N9O3/c1-3-41(32(2)65-28-33-9-5-4-6-10-33)62-44(63)61(31-56-62)38-20-18-37(19-21-38)59-25-23-58(24-26-59)36-16-13-34(14-17-36)35-15-22-42(54-27-35)46(49,50)45(64,39-11-7-8-12-40(39)48)29-60-30-55-43(57-60)47(51,52)53/h4-22,27,30-32,41,64H,3,23-26,28-29H2,1-2H3/t32-,41-,45?/m0/s1. The lowest BCUT2D eigenvalue weighted by atomic mass is 9.84. The maximum Gasteiger partial charge on any atom is 0.453 e. The Morgan fingerprint density at radius 3 is 1.92 bits per heavy atom. The number of rotatable bonds is 15. The van der Waals surface area contributed by atoms with E-state index in [9.17, 15) is 27.5 Å². The van der Waals surface area contributed by atoms with E-state index < -0.39 is 47.1 Å². The van der Waals surface area contributed by atoms with Crippen LogP contribution in [0.1, 0.15) is 49.0 Å². The smallest absolute Gasteiger partial charge is 0.377 e. The molecule has 1 aliphatic heterocycles. The zero-order chi connectivity index (χ0) is 45.9. The van der Waals surface area contributed by atoms with Crippen molar-refractivity contribution in [3.63, 3.8) is 0 Å². The molecular weight excluding hydrogens is 853 g/mol. The summed E-state index contributed by atoms with van der Waals surface area (Å²) in [6.45, 7) is 6.05. The molecule has 0 amide bonds. The highest BCUT2D eigenvalue weighted by atomic mass is 19.4. The number of halogens is 6. The molecule has 3 atom stereocenters. The molecular formula is C47H45F6N9O3. The van der Waals surface area contributed by atoms with Gasteiger partial charge in [0.05, 0.1) is 31.0 Å². The summed E-state index contributed by atoms with van der Waals surface area (Å²) in [4.78, 5) is 25.1. The van der Waals surface area contributed by atoms with Crippen molar-refractivity contribution in [3.8, 4) is 16.8 Å². The van der Waals surface area contributed by atoms with Crippen molar-refractivity contribution in [3.05, 3.63) is 173 Å². The number of aliphatic hydroxyl groups is 1. The molecule has 1 saturated heterocycles. The van der Waals surface area contributed by atoms with Crippen LogP contribution in [0.25, 0.3) is 16.8 Å². The number of alkyl halides is 5. The molecule has 0 spiro atoms. The molecule has 0 aliphatic carbocycles. The molecule has 338 valence electrons. The Balaban J connectivity index is 0.892. The molecule has 0 radical (unpaired) electrons. The Bertz CT molecular complexity index is 2740. The van der Waals surface area contributed by atoms with E-state index in [4.69, 9.17) is 4.74 Å². The number of benzene rings is 4. The topological polar surface area (TPSA) is 119 Å². The van der Waals surface area contributed by atoms with Crippen LogP contribution in [-0.2, 0) is 35.6 Å². The van der Waals surface area contributed by atoms with Gasteiger partial charge in [0.25, 0.3) is 5.82 Å². The number of nitrogens with zero attached hydrogens (tertiary/aromatic N) is 9. The van der Waals surface area contributed by atoms with Crippen molar-refractivity contribution in [2.45, 2.75) is 63.3 Å². The van der Waals surface area contributed by atoms with Crippen LogP contribution in [0.2, 0.25) is 0 Å². The van der Waals surface area contributed by atoms with E-state index >= 15 is 8.78 Å². The van der Waals surface area contributed by atoms with Crippen LogP contribution in [0.3, 0.4) is 0 Å². The van der Waals surface area contributed by atoms with E-state index in [0.717, 1.165) is 61.3 Å². The minimum Gasteiger partial charge on any atom is -0.377 e. The first-order valence-electron chi connectivity index (χ1n) is 21.0. The summed E-state index contributed by atoms with van der Waals surface area (Å²) in [5.41, 5.74) is -0.572. The van der Waals surface area contributed by atoms with Crippen molar-refractivity contribution in [1.82, 2.24) is 34.1 Å². The highest BCUT2D eigenvalue weighted by molar-refractivity contribution is 5.66. The van der Waals surface area contributed by atoms with E-state index in [1.165, 1.54) is 33.6 Å². The first kappa shape index (κ1) is 44.8. The summed E-state index contributed by atoms with van der Waals surface area (Å²) in [6, 6.07) is 31.5. The molecule has 1 unspecified atom stereocenters. The normalized spacial score (nSPS) is 15.5. The van der Waals surface area contributed by atoms with Crippen LogP contribution in [0, 0.1) is 5.82 Å². The van der Waals surface area contributed by atoms with Crippen molar-refractivity contribution in [2.24, 2.45) is 0 Å². The van der Waals surface area contributed by atoms with E-state index in [-0.39, 0.29) is 17.8 Å². The quantitative estimate of drug-likeness (QED) is 0.101. The fourth-order valence-corrected chi connectivity index (χ4v) is 8.10. The molecule has 1 fully saturated rings. The average Bonchev–Trinajstić information content (AvgIpc) is 3.96. The number of pyridine rings is 1. The van der Waals surface area contributed by atoms with Crippen LogP contribution < -0.4 is 15.5 Å². The fourth-order valence-electron chi connectivity index (χ4n) is 8.10. The van der Waals surface area contributed by atoms with Gasteiger partial charge in [-0.25, -0.2) is 28.1 Å². The van der Waals surface area contributed by atoms with Crippen molar-refractivity contribution in [1.29, 1.82) is 0 Å². The number of hydrogen-bond acceptors (Lipinski definition) is 9. The first-order chi connectivity index (χ1) is 31.2. The molecule has 0 saturated carbocycles. The number of anilines is 2. The van der Waals surface area contributed by atoms with Crippen LogP contribution in [0.5, 0.6) is 0 Å². The van der Waals surface area contributed by atoms with Gasteiger partial charge in [-0.1, -0.05) is 73.7 Å². The fraction of sp³-hybridized carbons (Fsp3) is 0.298. The third kappa shape index (κ3) is 9.26. The zero-order valence-corrected chi connectivity index (χ0v) is 35.4. The molecule has 18 heteroatoms. The molecule has 12 nitrogen and oxygen atoms in total. The maximum atomic E-state index is 16.4. The highest BCUT2D eigenvalue weighted by Crippen LogP contribution is 2.47. The lowest BCUT2D eigenvalue weighted by Gasteiger charge is -2.37.